The summed E-state index contributed by atoms with van der Waals surface area (Å²) in [5.74, 6) is 1.62. The molecule has 0 N–H and O–H groups in total. The third-order valence-electron chi connectivity index (χ3n) is 2.17. The minimum Gasteiger partial charge on any atom is -0.378 e. The second kappa shape index (κ2) is 2.70. The Morgan fingerprint density at radius 3 is 2.33 bits per heavy atom. The molecule has 1 rings (SSSR count). The summed E-state index contributed by atoms with van der Waals surface area (Å²) in [6, 6.07) is 0. The van der Waals surface area contributed by atoms with E-state index in [1.165, 1.54) is 6.42 Å². The highest BCUT2D eigenvalue weighted by Gasteiger charge is 2.23. The van der Waals surface area contributed by atoms with Gasteiger partial charge in [-0.15, -0.1) is 0 Å². The van der Waals surface area contributed by atoms with Gasteiger partial charge in [-0.05, 0) is 25.2 Å². The van der Waals surface area contributed by atoms with Crippen LogP contribution in [0, 0.1) is 11.8 Å². The second-order valence-corrected chi connectivity index (χ2v) is 3.38. The molecule has 2 atom stereocenters. The zero-order valence-corrected chi connectivity index (χ0v) is 6.55. The van der Waals surface area contributed by atoms with Gasteiger partial charge in [0.1, 0.15) is 0 Å². The van der Waals surface area contributed by atoms with Crippen LogP contribution in [0.1, 0.15) is 27.2 Å². The first-order chi connectivity index (χ1) is 4.20. The lowest BCUT2D eigenvalue weighted by atomic mass is 9.94. The third kappa shape index (κ3) is 1.68. The lowest BCUT2D eigenvalue weighted by Gasteiger charge is -2.10. The van der Waals surface area contributed by atoms with Gasteiger partial charge in [0.15, 0.2) is 0 Å². The molecule has 0 saturated carbocycles. The summed E-state index contributed by atoms with van der Waals surface area (Å²) in [5, 5.41) is 0. The maximum absolute atomic E-state index is 5.43. The zero-order chi connectivity index (χ0) is 6.85. The van der Waals surface area contributed by atoms with Crippen molar-refractivity contribution >= 4 is 0 Å². The lowest BCUT2D eigenvalue weighted by molar-refractivity contribution is 0.116. The fourth-order valence-corrected chi connectivity index (χ4v) is 1.31. The zero-order valence-electron chi connectivity index (χ0n) is 6.55. The molecule has 0 aromatic carbocycles. The molecule has 0 radical (unpaired) electrons. The minimum atomic E-state index is 0.511. The molecule has 0 amide bonds. The fourth-order valence-electron chi connectivity index (χ4n) is 1.31. The average Bonchev–Trinajstić information content (AvgIpc) is 2.14. The monoisotopic (exact) mass is 128 g/mol. The Morgan fingerprint density at radius 1 is 1.44 bits per heavy atom. The molecular weight excluding hydrogens is 112 g/mol. The van der Waals surface area contributed by atoms with Crippen molar-refractivity contribution in [2.24, 2.45) is 11.8 Å². The van der Waals surface area contributed by atoms with Crippen molar-refractivity contribution in [3.05, 3.63) is 0 Å². The van der Waals surface area contributed by atoms with E-state index in [4.69, 9.17) is 4.74 Å². The molecule has 1 heteroatoms. The van der Waals surface area contributed by atoms with Crippen LogP contribution >= 0.6 is 0 Å². The molecule has 1 aliphatic rings. The maximum atomic E-state index is 5.43. The summed E-state index contributed by atoms with van der Waals surface area (Å²) < 4.78 is 5.43. The maximum Gasteiger partial charge on any atom is 0.0550 e. The van der Waals surface area contributed by atoms with Crippen LogP contribution in [-0.2, 0) is 4.74 Å². The molecule has 1 saturated heterocycles. The number of hydrogen-bond acceptors (Lipinski definition) is 1. The molecule has 0 bridgehead atoms. The summed E-state index contributed by atoms with van der Waals surface area (Å²) in [5.41, 5.74) is 0. The molecule has 1 nitrogen and oxygen atoms in total. The quantitative estimate of drug-likeness (QED) is 0.525. The Kier molecular flexibility index (Phi) is 2.12. The van der Waals surface area contributed by atoms with Gasteiger partial charge in [0.25, 0.3) is 0 Å². The van der Waals surface area contributed by atoms with E-state index in [2.05, 4.69) is 20.8 Å². The van der Waals surface area contributed by atoms with Crippen LogP contribution in [0.15, 0.2) is 0 Å². The number of rotatable bonds is 1. The van der Waals surface area contributed by atoms with E-state index in [0.29, 0.717) is 6.10 Å². The van der Waals surface area contributed by atoms with Gasteiger partial charge < -0.3 is 4.74 Å². The molecular formula is C8H16O. The van der Waals surface area contributed by atoms with Gasteiger partial charge in [-0.2, -0.15) is 0 Å². The van der Waals surface area contributed by atoms with Crippen molar-refractivity contribution in [2.45, 2.75) is 33.3 Å². The van der Waals surface area contributed by atoms with Gasteiger partial charge in [0.05, 0.1) is 12.7 Å². The van der Waals surface area contributed by atoms with Gasteiger partial charge in [-0.3, -0.25) is 0 Å². The molecule has 0 unspecified atom stereocenters. The van der Waals surface area contributed by atoms with Gasteiger partial charge in [-0.1, -0.05) is 13.8 Å². The summed E-state index contributed by atoms with van der Waals surface area (Å²) in [6.07, 6.45) is 1.77. The highest BCUT2D eigenvalue weighted by Crippen LogP contribution is 2.25. The van der Waals surface area contributed by atoms with Gasteiger partial charge in [0, 0.05) is 0 Å². The number of ether oxygens (including phenoxy) is 1. The first-order valence-electron chi connectivity index (χ1n) is 3.81. The largest absolute Gasteiger partial charge is 0.378 e. The van der Waals surface area contributed by atoms with Crippen LogP contribution in [0.3, 0.4) is 0 Å². The number of hydrogen-bond donors (Lipinski definition) is 0. The van der Waals surface area contributed by atoms with E-state index < -0.39 is 0 Å². The highest BCUT2D eigenvalue weighted by atomic mass is 16.5. The van der Waals surface area contributed by atoms with E-state index >= 15 is 0 Å². The predicted octanol–water partition coefficient (Wildman–Crippen LogP) is 2.07. The fraction of sp³-hybridized carbons (Fsp3) is 1.00. The van der Waals surface area contributed by atoms with Crippen molar-refractivity contribution in [1.29, 1.82) is 0 Å². The third-order valence-corrected chi connectivity index (χ3v) is 2.17. The van der Waals surface area contributed by atoms with Crippen molar-refractivity contribution in [3.8, 4) is 0 Å². The molecule has 0 aliphatic carbocycles. The Balaban J connectivity index is 2.30. The van der Waals surface area contributed by atoms with E-state index in [0.717, 1.165) is 18.4 Å². The first-order valence-corrected chi connectivity index (χ1v) is 3.81. The van der Waals surface area contributed by atoms with E-state index in [1.807, 2.05) is 0 Å². The van der Waals surface area contributed by atoms with Crippen LogP contribution in [0.5, 0.6) is 0 Å². The highest BCUT2D eigenvalue weighted by molar-refractivity contribution is 4.72. The molecule has 1 fully saturated rings. The van der Waals surface area contributed by atoms with Crippen LogP contribution in [0.4, 0.5) is 0 Å². The van der Waals surface area contributed by atoms with Gasteiger partial charge in [0.2, 0.25) is 0 Å². The van der Waals surface area contributed by atoms with Crippen molar-refractivity contribution in [1.82, 2.24) is 0 Å². The molecule has 54 valence electrons. The molecule has 9 heavy (non-hydrogen) atoms. The minimum absolute atomic E-state index is 0.511. The summed E-state index contributed by atoms with van der Waals surface area (Å²) in [4.78, 5) is 0. The van der Waals surface area contributed by atoms with Crippen LogP contribution in [0.2, 0.25) is 0 Å². The molecule has 0 aromatic heterocycles. The molecule has 1 aliphatic heterocycles. The van der Waals surface area contributed by atoms with Gasteiger partial charge >= 0.3 is 0 Å². The molecule has 0 spiro atoms. The summed E-state index contributed by atoms with van der Waals surface area (Å²) in [6.45, 7) is 7.68. The standard InChI is InChI=1S/C8H16O/c1-6(2)8-4-7(3)9-5-8/h6-8H,4-5H2,1-3H3/t7-,8+/m1/s1. The van der Waals surface area contributed by atoms with E-state index in [9.17, 15) is 0 Å². The van der Waals surface area contributed by atoms with Crippen LogP contribution < -0.4 is 0 Å². The van der Waals surface area contributed by atoms with Crippen LogP contribution in [0.25, 0.3) is 0 Å². The van der Waals surface area contributed by atoms with Crippen molar-refractivity contribution < 1.29 is 4.74 Å². The molecule has 1 heterocycles. The topological polar surface area (TPSA) is 9.23 Å². The Morgan fingerprint density at radius 2 is 2.11 bits per heavy atom. The predicted molar refractivity (Wildman–Crippen MR) is 38.4 cm³/mol. The molecule has 0 aromatic rings. The normalized spacial score (nSPS) is 36.0. The Bertz CT molecular complexity index is 88.6. The first kappa shape index (κ1) is 7.07. The summed E-state index contributed by atoms with van der Waals surface area (Å²) in [7, 11) is 0. The van der Waals surface area contributed by atoms with Crippen molar-refractivity contribution in [2.75, 3.05) is 6.61 Å². The van der Waals surface area contributed by atoms with Crippen molar-refractivity contribution in [3.63, 3.8) is 0 Å². The average molecular weight is 128 g/mol. The van der Waals surface area contributed by atoms with E-state index in [-0.39, 0.29) is 0 Å². The summed E-state index contributed by atoms with van der Waals surface area (Å²) >= 11 is 0. The SMILES string of the molecule is CC(C)[C@@H]1CO[C@H](C)C1. The van der Waals surface area contributed by atoms with Gasteiger partial charge in [-0.25, -0.2) is 0 Å². The second-order valence-electron chi connectivity index (χ2n) is 3.38. The van der Waals surface area contributed by atoms with Crippen LogP contribution in [-0.4, -0.2) is 12.7 Å². The smallest absolute Gasteiger partial charge is 0.0550 e. The lowest BCUT2D eigenvalue weighted by Crippen LogP contribution is -2.07. The van der Waals surface area contributed by atoms with E-state index in [1.54, 1.807) is 0 Å². The Hall–Kier alpha value is -0.0400. The Labute approximate surface area is 57.4 Å².